The van der Waals surface area contributed by atoms with Crippen molar-refractivity contribution in [3.05, 3.63) is 142 Å². The molecule has 0 bridgehead atoms. The van der Waals surface area contributed by atoms with Crippen molar-refractivity contribution in [1.82, 2.24) is 0 Å². The monoisotopic (exact) mass is 518 g/mol. The second-order valence-corrected chi connectivity index (χ2v) is 7.79. The topological polar surface area (TPSA) is 0 Å². The van der Waals surface area contributed by atoms with Crippen molar-refractivity contribution in [2.24, 2.45) is 0 Å². The minimum absolute atomic E-state index is 0. The molecule has 0 N–H and O–H groups in total. The van der Waals surface area contributed by atoms with Gasteiger partial charge in [0.15, 0.2) is 0 Å². The summed E-state index contributed by atoms with van der Waals surface area (Å²) < 4.78 is 0. The SMILES string of the molecule is Cc1ccc2c(c1)[C-]=C1C=CC=CC12.Cc1ccc2c(c1)[C-]=C1C=CC=CC12.[Cl-].[Cl-].[Zr+4]. The van der Waals surface area contributed by atoms with Crippen LogP contribution in [-0.2, 0) is 26.2 Å². The summed E-state index contributed by atoms with van der Waals surface area (Å²) in [6, 6.07) is 13.2. The van der Waals surface area contributed by atoms with Crippen molar-refractivity contribution in [3.63, 3.8) is 0 Å². The van der Waals surface area contributed by atoms with E-state index in [2.05, 4.69) is 111 Å². The average Bonchev–Trinajstić information content (AvgIpc) is 3.25. The molecule has 0 nitrogen and oxygen atoms in total. The second kappa shape index (κ2) is 10.8. The van der Waals surface area contributed by atoms with Crippen LogP contribution in [0.3, 0.4) is 0 Å². The fourth-order valence-corrected chi connectivity index (χ4v) is 4.28. The molecule has 0 spiro atoms. The van der Waals surface area contributed by atoms with Gasteiger partial charge in [0.2, 0.25) is 0 Å². The molecule has 3 heteroatoms. The van der Waals surface area contributed by atoms with Gasteiger partial charge in [-0.15, -0.1) is 94.1 Å². The normalized spacial score (nSPS) is 19.7. The molecule has 6 rings (SSSR count). The average molecular weight is 521 g/mol. The van der Waals surface area contributed by atoms with E-state index in [9.17, 15) is 0 Å². The molecule has 4 aliphatic rings. The van der Waals surface area contributed by atoms with E-state index >= 15 is 0 Å². The van der Waals surface area contributed by atoms with Crippen LogP contribution in [0.4, 0.5) is 0 Å². The molecule has 2 aromatic rings. The van der Waals surface area contributed by atoms with E-state index < -0.39 is 0 Å². The van der Waals surface area contributed by atoms with Gasteiger partial charge in [-0.05, 0) is 25.7 Å². The Bertz CT molecular complexity index is 1050. The van der Waals surface area contributed by atoms with Crippen LogP contribution in [0.2, 0.25) is 0 Å². The first-order chi connectivity index (χ1) is 13.7. The molecular formula is C28H22Cl2Zr. The van der Waals surface area contributed by atoms with E-state index in [-0.39, 0.29) is 51.0 Å². The van der Waals surface area contributed by atoms with E-state index in [1.54, 1.807) is 0 Å². The maximum Gasteiger partial charge on any atom is 4.00 e. The molecular weight excluding hydrogens is 498 g/mol. The van der Waals surface area contributed by atoms with Gasteiger partial charge in [-0.25, -0.2) is 0 Å². The van der Waals surface area contributed by atoms with Crippen LogP contribution < -0.4 is 24.8 Å². The molecule has 0 radical (unpaired) electrons. The Labute approximate surface area is 217 Å². The fourth-order valence-electron chi connectivity index (χ4n) is 4.28. The molecule has 0 fully saturated rings. The van der Waals surface area contributed by atoms with Crippen molar-refractivity contribution in [2.75, 3.05) is 0 Å². The molecule has 2 aromatic carbocycles. The van der Waals surface area contributed by atoms with Crippen LogP contribution in [0.25, 0.3) is 0 Å². The van der Waals surface area contributed by atoms with Crippen LogP contribution in [0.5, 0.6) is 0 Å². The minimum Gasteiger partial charge on any atom is -1.00 e. The quantitative estimate of drug-likeness (QED) is 0.447. The molecule has 0 aromatic heterocycles. The summed E-state index contributed by atoms with van der Waals surface area (Å²) in [6.07, 6.45) is 24.1. The Morgan fingerprint density at radius 2 is 1.03 bits per heavy atom. The maximum absolute atomic E-state index is 3.46. The molecule has 2 atom stereocenters. The molecule has 152 valence electrons. The summed E-state index contributed by atoms with van der Waals surface area (Å²) in [7, 11) is 0. The zero-order valence-corrected chi connectivity index (χ0v) is 21.5. The summed E-state index contributed by atoms with van der Waals surface area (Å²) in [6.45, 7) is 4.25. The van der Waals surface area contributed by atoms with Gasteiger partial charge in [0.05, 0.1) is 0 Å². The van der Waals surface area contributed by atoms with Gasteiger partial charge in [-0.2, -0.15) is 0 Å². The molecule has 0 saturated carbocycles. The van der Waals surface area contributed by atoms with E-state index in [0.29, 0.717) is 11.8 Å². The van der Waals surface area contributed by atoms with Crippen molar-refractivity contribution < 1.29 is 51.0 Å². The largest absolute Gasteiger partial charge is 4.00 e. The van der Waals surface area contributed by atoms with Gasteiger partial charge in [-0.1, -0.05) is 47.6 Å². The van der Waals surface area contributed by atoms with Crippen LogP contribution in [0.15, 0.2) is 96.2 Å². The molecule has 31 heavy (non-hydrogen) atoms. The third-order valence-corrected chi connectivity index (χ3v) is 5.70. The third-order valence-electron chi connectivity index (χ3n) is 5.70. The number of aryl methyl sites for hydroxylation is 2. The number of allylic oxidation sites excluding steroid dienone is 10. The number of halogens is 2. The van der Waals surface area contributed by atoms with Crippen molar-refractivity contribution in [2.45, 2.75) is 25.7 Å². The van der Waals surface area contributed by atoms with E-state index in [4.69, 9.17) is 0 Å². The van der Waals surface area contributed by atoms with Gasteiger partial charge in [0.1, 0.15) is 0 Å². The number of hydrogen-bond acceptors (Lipinski definition) is 0. The Kier molecular flexibility index (Phi) is 8.90. The predicted molar refractivity (Wildman–Crippen MR) is 116 cm³/mol. The van der Waals surface area contributed by atoms with Gasteiger partial charge in [-0.3, -0.25) is 0 Å². The Morgan fingerprint density at radius 3 is 1.45 bits per heavy atom. The first-order valence-corrected chi connectivity index (χ1v) is 9.87. The molecule has 2 unspecified atom stereocenters. The predicted octanol–water partition coefficient (Wildman–Crippen LogP) is 0.597. The first-order valence-electron chi connectivity index (χ1n) is 9.87. The second-order valence-electron chi connectivity index (χ2n) is 7.79. The van der Waals surface area contributed by atoms with Crippen molar-refractivity contribution in [1.29, 1.82) is 0 Å². The Morgan fingerprint density at radius 1 is 0.613 bits per heavy atom. The van der Waals surface area contributed by atoms with Gasteiger partial charge < -0.3 is 24.8 Å². The van der Waals surface area contributed by atoms with Crippen LogP contribution in [0.1, 0.15) is 45.2 Å². The van der Waals surface area contributed by atoms with Crippen molar-refractivity contribution in [3.8, 4) is 0 Å². The van der Waals surface area contributed by atoms with Gasteiger partial charge >= 0.3 is 26.2 Å². The zero-order valence-electron chi connectivity index (χ0n) is 17.5. The Balaban J connectivity index is 0.000000201. The van der Waals surface area contributed by atoms with Crippen LogP contribution in [0, 0.1) is 26.0 Å². The number of fused-ring (bicyclic) bond motifs is 6. The summed E-state index contributed by atoms with van der Waals surface area (Å²) in [5, 5.41) is 0. The van der Waals surface area contributed by atoms with E-state index in [1.165, 1.54) is 44.5 Å². The molecule has 0 heterocycles. The van der Waals surface area contributed by atoms with E-state index in [0.717, 1.165) is 0 Å². The van der Waals surface area contributed by atoms with Crippen molar-refractivity contribution >= 4 is 0 Å². The summed E-state index contributed by atoms with van der Waals surface area (Å²) in [5.74, 6) is 0.909. The third kappa shape index (κ3) is 5.06. The summed E-state index contributed by atoms with van der Waals surface area (Å²) in [4.78, 5) is 0. The maximum atomic E-state index is 3.46. The molecule has 4 aliphatic carbocycles. The number of hydrogen-bond donors (Lipinski definition) is 0. The number of benzene rings is 2. The van der Waals surface area contributed by atoms with Gasteiger partial charge in [0, 0.05) is 0 Å². The minimum atomic E-state index is 0. The standard InChI is InChI=1S/2C14H11.2ClH.Zr/c2*1-10-6-7-14-12(8-10)9-11-4-2-3-5-13(11)14;;;/h2*2-8,13H,1H3;2*1H;/q2*-1;;;+4/p-2. The van der Waals surface area contributed by atoms with E-state index in [1.807, 2.05) is 0 Å². The van der Waals surface area contributed by atoms with Crippen LogP contribution in [-0.4, -0.2) is 0 Å². The molecule has 0 aliphatic heterocycles. The smallest absolute Gasteiger partial charge is 1.00 e. The fraction of sp³-hybridized carbons (Fsp3) is 0.143. The van der Waals surface area contributed by atoms with Gasteiger partial charge in [0.25, 0.3) is 0 Å². The summed E-state index contributed by atoms with van der Waals surface area (Å²) in [5.41, 5.74) is 10.5. The first kappa shape index (κ1) is 25.6. The Hall–Kier alpha value is -1.66. The summed E-state index contributed by atoms with van der Waals surface area (Å²) >= 11 is 0. The van der Waals surface area contributed by atoms with Crippen LogP contribution >= 0.6 is 0 Å². The number of rotatable bonds is 0. The zero-order chi connectivity index (χ0) is 19.1. The molecule has 0 amide bonds. The molecule has 0 saturated heterocycles.